The molecule has 0 aromatic carbocycles. The zero-order valence-electron chi connectivity index (χ0n) is 9.66. The van der Waals surface area contributed by atoms with Gasteiger partial charge in [-0.25, -0.2) is 0 Å². The molecular formula is C14H19N. The second kappa shape index (κ2) is 4.61. The maximum Gasteiger partial charge on any atom is 0.0658 e. The van der Waals surface area contributed by atoms with Gasteiger partial charge in [-0.2, -0.15) is 0 Å². The molecule has 1 heteroatoms. The first kappa shape index (κ1) is 10.4. The van der Waals surface area contributed by atoms with Crippen molar-refractivity contribution in [2.75, 3.05) is 0 Å². The van der Waals surface area contributed by atoms with E-state index in [4.69, 9.17) is 0 Å². The summed E-state index contributed by atoms with van der Waals surface area (Å²) >= 11 is 0. The van der Waals surface area contributed by atoms with Gasteiger partial charge in [-0.15, -0.1) is 0 Å². The Morgan fingerprint density at radius 2 is 2.33 bits per heavy atom. The molecule has 0 saturated heterocycles. The van der Waals surface area contributed by atoms with Crippen molar-refractivity contribution in [1.82, 2.24) is 4.98 Å². The minimum absolute atomic E-state index is 0.812. The molecule has 1 fully saturated rings. The molecule has 1 aromatic heterocycles. The number of rotatable bonds is 2. The molecule has 1 aliphatic carbocycles. The standard InChI is InChI=1S/C14H19N/c1-3-12-7-6-8-13(12)11(2)14-9-4-5-10-15-14/h4-5,9-10,12H,3,6-8H2,1-2H3/b13-11-. The Morgan fingerprint density at radius 1 is 1.47 bits per heavy atom. The molecule has 2 rings (SSSR count). The van der Waals surface area contributed by atoms with Crippen molar-refractivity contribution in [3.05, 3.63) is 35.7 Å². The molecule has 1 nitrogen and oxygen atoms in total. The average Bonchev–Trinajstić information content (AvgIpc) is 2.77. The van der Waals surface area contributed by atoms with Gasteiger partial charge >= 0.3 is 0 Å². The van der Waals surface area contributed by atoms with Gasteiger partial charge in [0.1, 0.15) is 0 Å². The van der Waals surface area contributed by atoms with Gasteiger partial charge in [-0.3, -0.25) is 4.98 Å². The van der Waals surface area contributed by atoms with Gasteiger partial charge in [0, 0.05) is 6.20 Å². The van der Waals surface area contributed by atoms with Crippen LogP contribution in [0.4, 0.5) is 0 Å². The van der Waals surface area contributed by atoms with Crippen molar-refractivity contribution < 1.29 is 0 Å². The Bertz CT molecular complexity index is 351. The molecule has 1 atom stereocenters. The fraction of sp³-hybridized carbons (Fsp3) is 0.500. The summed E-state index contributed by atoms with van der Waals surface area (Å²) in [5.41, 5.74) is 4.23. The normalized spacial score (nSPS) is 24.3. The van der Waals surface area contributed by atoms with E-state index in [1.165, 1.54) is 31.3 Å². The lowest BCUT2D eigenvalue weighted by Gasteiger charge is -2.12. The van der Waals surface area contributed by atoms with E-state index in [2.05, 4.69) is 31.0 Å². The summed E-state index contributed by atoms with van der Waals surface area (Å²) in [5.74, 6) is 0.812. The van der Waals surface area contributed by atoms with Crippen molar-refractivity contribution in [3.8, 4) is 0 Å². The molecule has 80 valence electrons. The zero-order chi connectivity index (χ0) is 10.7. The summed E-state index contributed by atoms with van der Waals surface area (Å²) in [6.45, 7) is 4.52. The third-order valence-corrected chi connectivity index (χ3v) is 3.52. The molecule has 0 spiro atoms. The Labute approximate surface area is 92.2 Å². The number of allylic oxidation sites excluding steroid dienone is 2. The number of hydrogen-bond donors (Lipinski definition) is 0. The third-order valence-electron chi connectivity index (χ3n) is 3.52. The molecule has 0 aliphatic heterocycles. The van der Waals surface area contributed by atoms with Gasteiger partial charge < -0.3 is 0 Å². The van der Waals surface area contributed by atoms with Crippen LogP contribution in [-0.4, -0.2) is 4.98 Å². The van der Waals surface area contributed by atoms with Crippen LogP contribution in [0.25, 0.3) is 5.57 Å². The topological polar surface area (TPSA) is 12.9 Å². The number of pyridine rings is 1. The Morgan fingerprint density at radius 3 is 3.00 bits per heavy atom. The summed E-state index contributed by atoms with van der Waals surface area (Å²) < 4.78 is 0. The first-order chi connectivity index (χ1) is 7.33. The Kier molecular flexibility index (Phi) is 3.20. The number of nitrogens with zero attached hydrogens (tertiary/aromatic N) is 1. The van der Waals surface area contributed by atoms with Gasteiger partial charge in [0.15, 0.2) is 0 Å². The average molecular weight is 201 g/mol. The molecule has 15 heavy (non-hydrogen) atoms. The highest BCUT2D eigenvalue weighted by Crippen LogP contribution is 2.37. The SMILES string of the molecule is CCC1CCC/C1=C(\C)c1ccccn1. The predicted octanol–water partition coefficient (Wildman–Crippen LogP) is 4.07. The molecule has 1 unspecified atom stereocenters. The van der Waals surface area contributed by atoms with Crippen molar-refractivity contribution in [3.63, 3.8) is 0 Å². The second-order valence-corrected chi connectivity index (χ2v) is 4.36. The van der Waals surface area contributed by atoms with Gasteiger partial charge in [0.2, 0.25) is 0 Å². The first-order valence-corrected chi connectivity index (χ1v) is 5.94. The van der Waals surface area contributed by atoms with Crippen molar-refractivity contribution in [2.24, 2.45) is 5.92 Å². The summed E-state index contributed by atoms with van der Waals surface area (Å²) in [7, 11) is 0. The van der Waals surface area contributed by atoms with E-state index in [0.717, 1.165) is 11.6 Å². The summed E-state index contributed by atoms with van der Waals surface area (Å²) in [4.78, 5) is 4.43. The summed E-state index contributed by atoms with van der Waals surface area (Å²) in [6.07, 6.45) is 7.17. The minimum atomic E-state index is 0.812. The van der Waals surface area contributed by atoms with Crippen molar-refractivity contribution in [1.29, 1.82) is 0 Å². The maximum absolute atomic E-state index is 4.43. The van der Waals surface area contributed by atoms with Crippen LogP contribution in [-0.2, 0) is 0 Å². The van der Waals surface area contributed by atoms with Gasteiger partial charge in [0.25, 0.3) is 0 Å². The van der Waals surface area contributed by atoms with Crippen LogP contribution in [0.5, 0.6) is 0 Å². The molecule has 0 N–H and O–H groups in total. The van der Waals surface area contributed by atoms with E-state index in [1.54, 1.807) is 5.57 Å². The molecule has 1 aliphatic rings. The van der Waals surface area contributed by atoms with Crippen molar-refractivity contribution >= 4 is 5.57 Å². The smallest absolute Gasteiger partial charge is 0.0658 e. The van der Waals surface area contributed by atoms with Crippen LogP contribution >= 0.6 is 0 Å². The molecule has 1 aromatic rings. The monoisotopic (exact) mass is 201 g/mol. The highest BCUT2D eigenvalue weighted by molar-refractivity contribution is 5.64. The minimum Gasteiger partial charge on any atom is -0.257 e. The van der Waals surface area contributed by atoms with Crippen molar-refractivity contribution in [2.45, 2.75) is 39.5 Å². The number of aromatic nitrogens is 1. The van der Waals surface area contributed by atoms with E-state index in [9.17, 15) is 0 Å². The van der Waals surface area contributed by atoms with Crippen LogP contribution in [0.3, 0.4) is 0 Å². The fourth-order valence-corrected chi connectivity index (χ4v) is 2.61. The fourth-order valence-electron chi connectivity index (χ4n) is 2.61. The quantitative estimate of drug-likeness (QED) is 0.703. The number of hydrogen-bond acceptors (Lipinski definition) is 1. The lowest BCUT2D eigenvalue weighted by atomic mass is 9.94. The van der Waals surface area contributed by atoms with Gasteiger partial charge in [-0.1, -0.05) is 18.6 Å². The predicted molar refractivity (Wildman–Crippen MR) is 64.5 cm³/mol. The van der Waals surface area contributed by atoms with E-state index >= 15 is 0 Å². The van der Waals surface area contributed by atoms with Crippen LogP contribution in [0, 0.1) is 5.92 Å². The van der Waals surface area contributed by atoms with Crippen LogP contribution < -0.4 is 0 Å². The highest BCUT2D eigenvalue weighted by Gasteiger charge is 2.21. The lowest BCUT2D eigenvalue weighted by Crippen LogP contribution is -1.98. The Balaban J connectivity index is 2.32. The Hall–Kier alpha value is -1.11. The van der Waals surface area contributed by atoms with Crippen LogP contribution in [0.2, 0.25) is 0 Å². The molecule has 0 radical (unpaired) electrons. The highest BCUT2D eigenvalue weighted by atomic mass is 14.7. The van der Waals surface area contributed by atoms with Gasteiger partial charge in [0.05, 0.1) is 5.69 Å². The van der Waals surface area contributed by atoms with E-state index in [1.807, 2.05) is 12.3 Å². The molecule has 1 saturated carbocycles. The molecule has 0 amide bonds. The lowest BCUT2D eigenvalue weighted by molar-refractivity contribution is 0.607. The third kappa shape index (κ3) is 2.11. The van der Waals surface area contributed by atoms with Crippen LogP contribution in [0.1, 0.15) is 45.2 Å². The van der Waals surface area contributed by atoms with E-state index in [0.29, 0.717) is 0 Å². The molecule has 1 heterocycles. The maximum atomic E-state index is 4.43. The molecule has 0 bridgehead atoms. The van der Waals surface area contributed by atoms with E-state index in [-0.39, 0.29) is 0 Å². The second-order valence-electron chi connectivity index (χ2n) is 4.36. The molecular weight excluding hydrogens is 182 g/mol. The summed E-state index contributed by atoms with van der Waals surface area (Å²) in [6, 6.07) is 6.17. The first-order valence-electron chi connectivity index (χ1n) is 5.94. The van der Waals surface area contributed by atoms with Gasteiger partial charge in [-0.05, 0) is 56.2 Å². The zero-order valence-corrected chi connectivity index (χ0v) is 9.66. The largest absolute Gasteiger partial charge is 0.257 e. The summed E-state index contributed by atoms with van der Waals surface area (Å²) in [5, 5.41) is 0. The van der Waals surface area contributed by atoms with E-state index < -0.39 is 0 Å². The van der Waals surface area contributed by atoms with Crippen LogP contribution in [0.15, 0.2) is 30.0 Å².